The predicted molar refractivity (Wildman–Crippen MR) is 37.3 cm³/mol. The van der Waals surface area contributed by atoms with Gasteiger partial charge < -0.3 is 5.01 Å². The molecule has 0 fully saturated rings. The number of halogens is 1. The molecular formula is C5H6BrN3. The maximum Gasteiger partial charge on any atom is 0.146 e. The summed E-state index contributed by atoms with van der Waals surface area (Å²) in [4.78, 5) is 0. The topological polar surface area (TPSA) is 39.1 Å². The fourth-order valence-corrected chi connectivity index (χ4v) is 1.16. The third-order valence-electron chi connectivity index (χ3n) is 1.05. The molecule has 1 rings (SSSR count). The normalized spacial score (nSPS) is 25.7. The minimum atomic E-state index is -0.199. The van der Waals surface area contributed by atoms with Crippen LogP contribution in [-0.4, -0.2) is 18.1 Å². The number of nitrogens with zero attached hydrogens (tertiary/aromatic N) is 2. The monoisotopic (exact) mass is 187 g/mol. The van der Waals surface area contributed by atoms with Gasteiger partial charge in [-0.3, -0.25) is 0 Å². The Morgan fingerprint density at radius 2 is 2.67 bits per heavy atom. The van der Waals surface area contributed by atoms with Crippen molar-refractivity contribution in [3.05, 3.63) is 10.7 Å². The van der Waals surface area contributed by atoms with Crippen molar-refractivity contribution < 1.29 is 0 Å². The van der Waals surface area contributed by atoms with Gasteiger partial charge >= 0.3 is 0 Å². The third kappa shape index (κ3) is 1.23. The maximum absolute atomic E-state index is 8.44. The van der Waals surface area contributed by atoms with E-state index in [9.17, 15) is 0 Å². The highest BCUT2D eigenvalue weighted by molar-refractivity contribution is 9.11. The molecule has 0 spiro atoms. The lowest BCUT2D eigenvalue weighted by atomic mass is 10.4. The smallest absolute Gasteiger partial charge is 0.146 e. The minimum Gasteiger partial charge on any atom is -0.316 e. The molecule has 0 aliphatic carbocycles. The van der Waals surface area contributed by atoms with Gasteiger partial charge in [-0.25, -0.2) is 5.43 Å². The summed E-state index contributed by atoms with van der Waals surface area (Å²) in [6, 6.07) is 1.88. The molecule has 1 heterocycles. The molecule has 1 N–H and O–H groups in total. The van der Waals surface area contributed by atoms with Crippen LogP contribution in [0, 0.1) is 11.3 Å². The van der Waals surface area contributed by atoms with Crippen LogP contribution in [0.2, 0.25) is 0 Å². The molecule has 48 valence electrons. The summed E-state index contributed by atoms with van der Waals surface area (Å²) >= 11 is 3.24. The molecule has 0 aromatic heterocycles. The Morgan fingerprint density at radius 1 is 2.00 bits per heavy atom. The molecule has 0 saturated heterocycles. The van der Waals surface area contributed by atoms with Crippen LogP contribution < -0.4 is 5.43 Å². The van der Waals surface area contributed by atoms with E-state index in [0.717, 1.165) is 4.48 Å². The van der Waals surface area contributed by atoms with E-state index >= 15 is 0 Å². The Kier molecular flexibility index (Phi) is 1.74. The zero-order valence-electron chi connectivity index (χ0n) is 4.93. The van der Waals surface area contributed by atoms with Crippen molar-refractivity contribution in [2.45, 2.75) is 6.04 Å². The van der Waals surface area contributed by atoms with E-state index in [4.69, 9.17) is 5.26 Å². The molecule has 3 nitrogen and oxygen atoms in total. The second-order valence-corrected chi connectivity index (χ2v) is 2.73. The van der Waals surface area contributed by atoms with Gasteiger partial charge in [0.05, 0.1) is 6.07 Å². The summed E-state index contributed by atoms with van der Waals surface area (Å²) in [6.07, 6.45) is 1.83. The number of nitriles is 1. The zero-order valence-corrected chi connectivity index (χ0v) is 6.51. The highest BCUT2D eigenvalue weighted by Gasteiger charge is 2.17. The Bertz CT molecular complexity index is 181. The number of hydrogen-bond acceptors (Lipinski definition) is 3. The van der Waals surface area contributed by atoms with E-state index in [1.165, 1.54) is 0 Å². The van der Waals surface area contributed by atoms with Crippen LogP contribution in [0.3, 0.4) is 0 Å². The third-order valence-corrected chi connectivity index (χ3v) is 1.72. The number of nitrogens with one attached hydrogen (secondary N) is 1. The van der Waals surface area contributed by atoms with Crippen LogP contribution in [0.25, 0.3) is 0 Å². The predicted octanol–water partition coefficient (Wildman–Crippen LogP) is 0.565. The molecule has 0 saturated carbocycles. The van der Waals surface area contributed by atoms with Gasteiger partial charge in [0, 0.05) is 17.7 Å². The SMILES string of the molecule is CN1C=C(Br)C(C#N)N1. The van der Waals surface area contributed by atoms with Gasteiger partial charge in [0.2, 0.25) is 0 Å². The minimum absolute atomic E-state index is 0.199. The maximum atomic E-state index is 8.44. The fraction of sp³-hybridized carbons (Fsp3) is 0.400. The lowest BCUT2D eigenvalue weighted by Crippen LogP contribution is -2.31. The van der Waals surface area contributed by atoms with E-state index in [1.54, 1.807) is 5.01 Å². The largest absolute Gasteiger partial charge is 0.316 e. The summed E-state index contributed by atoms with van der Waals surface area (Å²) < 4.78 is 0.882. The van der Waals surface area contributed by atoms with Crippen LogP contribution in [0.5, 0.6) is 0 Å². The van der Waals surface area contributed by atoms with Gasteiger partial charge in [0.15, 0.2) is 0 Å². The molecule has 0 radical (unpaired) electrons. The van der Waals surface area contributed by atoms with Crippen molar-refractivity contribution >= 4 is 15.9 Å². The van der Waals surface area contributed by atoms with Crippen molar-refractivity contribution in [2.24, 2.45) is 0 Å². The van der Waals surface area contributed by atoms with Gasteiger partial charge in [-0.2, -0.15) is 5.26 Å². The van der Waals surface area contributed by atoms with Crippen molar-refractivity contribution in [1.82, 2.24) is 10.4 Å². The van der Waals surface area contributed by atoms with Gasteiger partial charge in [0.1, 0.15) is 6.04 Å². The van der Waals surface area contributed by atoms with Gasteiger partial charge in [0.25, 0.3) is 0 Å². The molecular weight excluding hydrogens is 182 g/mol. The molecule has 0 bridgehead atoms. The van der Waals surface area contributed by atoms with Crippen LogP contribution in [0.1, 0.15) is 0 Å². The summed E-state index contributed by atoms with van der Waals surface area (Å²) in [5.74, 6) is 0. The van der Waals surface area contributed by atoms with E-state index in [2.05, 4.69) is 27.4 Å². The first kappa shape index (κ1) is 6.59. The first-order valence-corrected chi connectivity index (χ1v) is 3.29. The molecule has 0 aromatic carbocycles. The standard InChI is InChI=1S/C5H6BrN3/c1-9-3-4(6)5(2-7)8-9/h3,5,8H,1H3. The molecule has 0 aromatic rings. The Labute approximate surface area is 62.0 Å². The zero-order chi connectivity index (χ0) is 6.85. The molecule has 1 unspecified atom stereocenters. The Morgan fingerprint density at radius 3 is 2.89 bits per heavy atom. The van der Waals surface area contributed by atoms with Crippen LogP contribution in [0.4, 0.5) is 0 Å². The van der Waals surface area contributed by atoms with Crippen molar-refractivity contribution in [2.75, 3.05) is 7.05 Å². The molecule has 1 aliphatic heterocycles. The van der Waals surface area contributed by atoms with Crippen LogP contribution >= 0.6 is 15.9 Å². The average Bonchev–Trinajstić information content (AvgIpc) is 2.10. The number of rotatable bonds is 0. The lowest BCUT2D eigenvalue weighted by Gasteiger charge is -2.07. The van der Waals surface area contributed by atoms with E-state index in [-0.39, 0.29) is 6.04 Å². The highest BCUT2D eigenvalue weighted by Crippen LogP contribution is 2.15. The summed E-state index contributed by atoms with van der Waals surface area (Å²) in [5.41, 5.74) is 2.89. The number of hydrazine groups is 1. The van der Waals surface area contributed by atoms with Crippen LogP contribution in [-0.2, 0) is 0 Å². The van der Waals surface area contributed by atoms with Crippen molar-refractivity contribution in [1.29, 1.82) is 5.26 Å². The molecule has 4 heteroatoms. The lowest BCUT2D eigenvalue weighted by molar-refractivity contribution is 0.352. The highest BCUT2D eigenvalue weighted by atomic mass is 79.9. The summed E-state index contributed by atoms with van der Waals surface area (Å²) in [5, 5.41) is 10.2. The Hall–Kier alpha value is -0.530. The van der Waals surface area contributed by atoms with Crippen LogP contribution in [0.15, 0.2) is 10.7 Å². The fourth-order valence-electron chi connectivity index (χ4n) is 0.653. The van der Waals surface area contributed by atoms with Gasteiger partial charge in [-0.1, -0.05) is 15.9 Å². The van der Waals surface area contributed by atoms with Crippen molar-refractivity contribution in [3.8, 4) is 6.07 Å². The molecule has 0 amide bonds. The Balaban J connectivity index is 2.67. The van der Waals surface area contributed by atoms with Gasteiger partial charge in [-0.05, 0) is 0 Å². The second-order valence-electron chi connectivity index (χ2n) is 1.82. The van der Waals surface area contributed by atoms with Crippen molar-refractivity contribution in [3.63, 3.8) is 0 Å². The van der Waals surface area contributed by atoms with E-state index in [0.29, 0.717) is 0 Å². The second kappa shape index (κ2) is 2.38. The number of hydrogen-bond donors (Lipinski definition) is 1. The quantitative estimate of drug-likeness (QED) is 0.603. The first-order valence-electron chi connectivity index (χ1n) is 2.50. The average molecular weight is 188 g/mol. The van der Waals surface area contributed by atoms with E-state index in [1.807, 2.05) is 13.2 Å². The van der Waals surface area contributed by atoms with E-state index < -0.39 is 0 Å². The molecule has 1 atom stereocenters. The summed E-state index contributed by atoms with van der Waals surface area (Å²) in [6.45, 7) is 0. The first-order chi connectivity index (χ1) is 4.24. The van der Waals surface area contributed by atoms with Gasteiger partial charge in [-0.15, -0.1) is 0 Å². The molecule has 1 aliphatic rings. The summed E-state index contributed by atoms with van der Waals surface area (Å²) in [7, 11) is 1.85. The molecule has 9 heavy (non-hydrogen) atoms.